The van der Waals surface area contributed by atoms with Gasteiger partial charge in [-0.1, -0.05) is 46.8 Å². The highest BCUT2D eigenvalue weighted by Gasteiger charge is 2.24. The fraction of sp³-hybridized carbons (Fsp3) is 0.588. The molecule has 2 heteroatoms. The van der Waals surface area contributed by atoms with Gasteiger partial charge in [0.15, 0.2) is 5.78 Å². The van der Waals surface area contributed by atoms with Crippen molar-refractivity contribution in [3.8, 4) is 5.75 Å². The first-order chi connectivity index (χ1) is 8.86. The summed E-state index contributed by atoms with van der Waals surface area (Å²) < 4.78 is 5.65. The summed E-state index contributed by atoms with van der Waals surface area (Å²) in [5.74, 6) is 1.24. The van der Waals surface area contributed by atoms with Crippen LogP contribution in [0.3, 0.4) is 0 Å². The summed E-state index contributed by atoms with van der Waals surface area (Å²) in [6.45, 7) is 11.4. The van der Waals surface area contributed by atoms with E-state index in [1.54, 1.807) is 0 Å². The van der Waals surface area contributed by atoms with Gasteiger partial charge in [-0.2, -0.15) is 0 Å². The van der Waals surface area contributed by atoms with Crippen LogP contribution in [0.15, 0.2) is 24.3 Å². The van der Waals surface area contributed by atoms with Crippen molar-refractivity contribution in [3.63, 3.8) is 0 Å². The van der Waals surface area contributed by atoms with Gasteiger partial charge in [0.25, 0.3) is 0 Å². The van der Waals surface area contributed by atoms with Crippen LogP contribution >= 0.6 is 0 Å². The predicted octanol–water partition coefficient (Wildman–Crippen LogP) is 4.73. The van der Waals surface area contributed by atoms with E-state index in [1.165, 1.54) is 0 Å². The Hall–Kier alpha value is -1.31. The highest BCUT2D eigenvalue weighted by molar-refractivity contribution is 5.98. The molecule has 0 amide bonds. The third-order valence-electron chi connectivity index (χ3n) is 3.62. The maximum absolute atomic E-state index is 12.4. The molecule has 106 valence electrons. The number of carbonyl (C=O) groups excluding carboxylic acids is 1. The van der Waals surface area contributed by atoms with E-state index in [-0.39, 0.29) is 11.2 Å². The molecule has 1 aromatic rings. The van der Waals surface area contributed by atoms with Crippen LogP contribution in [0.1, 0.15) is 57.8 Å². The Kier molecular flexibility index (Phi) is 5.59. The summed E-state index contributed by atoms with van der Waals surface area (Å²) in [7, 11) is 0. The van der Waals surface area contributed by atoms with Crippen LogP contribution in [0.4, 0.5) is 0 Å². The molecule has 1 aromatic carbocycles. The molecule has 1 unspecified atom stereocenters. The predicted molar refractivity (Wildman–Crippen MR) is 79.8 cm³/mol. The van der Waals surface area contributed by atoms with Crippen molar-refractivity contribution in [1.29, 1.82) is 0 Å². The lowest BCUT2D eigenvalue weighted by Gasteiger charge is -2.26. The zero-order valence-corrected chi connectivity index (χ0v) is 12.8. The molecule has 19 heavy (non-hydrogen) atoms. The topological polar surface area (TPSA) is 26.3 Å². The number of Topliss-reactive ketones (excluding diaryl/α,β-unsaturated/α-hetero) is 1. The molecule has 0 heterocycles. The highest BCUT2D eigenvalue weighted by atomic mass is 16.5. The summed E-state index contributed by atoms with van der Waals surface area (Å²) in [6, 6.07) is 7.55. The smallest absolute Gasteiger partial charge is 0.166 e. The Labute approximate surface area is 117 Å². The fourth-order valence-electron chi connectivity index (χ4n) is 1.73. The minimum Gasteiger partial charge on any atom is -0.493 e. The SMILES string of the molecule is CCCOc1ccccc1C(=O)CC(C)C(C)(C)C. The van der Waals surface area contributed by atoms with Crippen LogP contribution in [-0.4, -0.2) is 12.4 Å². The Morgan fingerprint density at radius 1 is 1.26 bits per heavy atom. The lowest BCUT2D eigenvalue weighted by molar-refractivity contribution is 0.0923. The van der Waals surface area contributed by atoms with E-state index in [2.05, 4.69) is 34.6 Å². The molecule has 0 saturated heterocycles. The summed E-state index contributed by atoms with van der Waals surface area (Å²) in [4.78, 5) is 12.4. The second-order valence-electron chi connectivity index (χ2n) is 6.24. The maximum Gasteiger partial charge on any atom is 0.166 e. The second kappa shape index (κ2) is 6.74. The van der Waals surface area contributed by atoms with Gasteiger partial charge < -0.3 is 4.74 Å². The third kappa shape index (κ3) is 4.70. The summed E-state index contributed by atoms with van der Waals surface area (Å²) in [5, 5.41) is 0. The first-order valence-electron chi connectivity index (χ1n) is 7.11. The standard InChI is InChI=1S/C17H26O2/c1-6-11-19-16-10-8-7-9-14(16)15(18)12-13(2)17(3,4)5/h7-10,13H,6,11-12H2,1-5H3. The second-order valence-corrected chi connectivity index (χ2v) is 6.24. The number of rotatable bonds is 6. The Balaban J connectivity index is 2.82. The first kappa shape index (κ1) is 15.7. The third-order valence-corrected chi connectivity index (χ3v) is 3.62. The molecule has 0 radical (unpaired) electrons. The van der Waals surface area contributed by atoms with Gasteiger partial charge in [0, 0.05) is 6.42 Å². The lowest BCUT2D eigenvalue weighted by Crippen LogP contribution is -2.21. The Morgan fingerprint density at radius 2 is 1.89 bits per heavy atom. The zero-order chi connectivity index (χ0) is 14.5. The van der Waals surface area contributed by atoms with E-state index < -0.39 is 0 Å². The normalized spacial score (nSPS) is 13.1. The summed E-state index contributed by atoms with van der Waals surface area (Å²) >= 11 is 0. The molecule has 0 aliphatic rings. The molecule has 0 spiro atoms. The van der Waals surface area contributed by atoms with Crippen LogP contribution in [0.25, 0.3) is 0 Å². The number of benzene rings is 1. The van der Waals surface area contributed by atoms with Crippen molar-refractivity contribution in [2.45, 2.75) is 47.5 Å². The van der Waals surface area contributed by atoms with Crippen molar-refractivity contribution in [2.75, 3.05) is 6.61 Å². The quantitative estimate of drug-likeness (QED) is 0.693. The van der Waals surface area contributed by atoms with Crippen molar-refractivity contribution in [3.05, 3.63) is 29.8 Å². The average molecular weight is 262 g/mol. The molecular formula is C17H26O2. The van der Waals surface area contributed by atoms with E-state index in [0.29, 0.717) is 24.5 Å². The fourth-order valence-corrected chi connectivity index (χ4v) is 1.73. The van der Waals surface area contributed by atoms with Crippen molar-refractivity contribution in [1.82, 2.24) is 0 Å². The maximum atomic E-state index is 12.4. The van der Waals surface area contributed by atoms with Gasteiger partial charge in [-0.25, -0.2) is 0 Å². The number of ketones is 1. The number of hydrogen-bond acceptors (Lipinski definition) is 2. The molecule has 1 atom stereocenters. The molecule has 0 N–H and O–H groups in total. The molecular weight excluding hydrogens is 236 g/mol. The zero-order valence-electron chi connectivity index (χ0n) is 12.8. The van der Waals surface area contributed by atoms with Gasteiger partial charge in [-0.05, 0) is 29.9 Å². The van der Waals surface area contributed by atoms with Crippen LogP contribution < -0.4 is 4.74 Å². The van der Waals surface area contributed by atoms with E-state index in [1.807, 2.05) is 24.3 Å². The van der Waals surface area contributed by atoms with Gasteiger partial charge in [-0.3, -0.25) is 4.79 Å². The molecule has 1 rings (SSSR count). The van der Waals surface area contributed by atoms with E-state index >= 15 is 0 Å². The minimum atomic E-state index is 0.148. The van der Waals surface area contributed by atoms with Crippen molar-refractivity contribution >= 4 is 5.78 Å². The van der Waals surface area contributed by atoms with Gasteiger partial charge in [0.1, 0.15) is 5.75 Å². The van der Waals surface area contributed by atoms with E-state index in [9.17, 15) is 4.79 Å². The highest BCUT2D eigenvalue weighted by Crippen LogP contribution is 2.30. The van der Waals surface area contributed by atoms with Crippen LogP contribution in [0.5, 0.6) is 5.75 Å². The average Bonchev–Trinajstić information content (AvgIpc) is 2.35. The number of carbonyl (C=O) groups is 1. The number of hydrogen-bond donors (Lipinski definition) is 0. The first-order valence-corrected chi connectivity index (χ1v) is 7.11. The van der Waals surface area contributed by atoms with Crippen LogP contribution in [0.2, 0.25) is 0 Å². The van der Waals surface area contributed by atoms with Gasteiger partial charge in [0.2, 0.25) is 0 Å². The molecule has 0 aliphatic carbocycles. The van der Waals surface area contributed by atoms with Crippen molar-refractivity contribution < 1.29 is 9.53 Å². The molecule has 0 saturated carbocycles. The molecule has 0 bridgehead atoms. The lowest BCUT2D eigenvalue weighted by atomic mass is 9.78. The summed E-state index contributed by atoms with van der Waals surface area (Å²) in [5.41, 5.74) is 0.863. The molecule has 0 aromatic heterocycles. The van der Waals surface area contributed by atoms with Gasteiger partial charge in [0.05, 0.1) is 12.2 Å². The number of para-hydroxylation sites is 1. The van der Waals surface area contributed by atoms with Crippen LogP contribution in [0, 0.1) is 11.3 Å². The van der Waals surface area contributed by atoms with E-state index in [4.69, 9.17) is 4.74 Å². The number of ether oxygens (including phenoxy) is 1. The molecule has 2 nitrogen and oxygen atoms in total. The van der Waals surface area contributed by atoms with E-state index in [0.717, 1.165) is 12.2 Å². The monoisotopic (exact) mass is 262 g/mol. The summed E-state index contributed by atoms with van der Waals surface area (Å²) in [6.07, 6.45) is 1.51. The largest absolute Gasteiger partial charge is 0.493 e. The molecule has 0 aliphatic heterocycles. The Morgan fingerprint density at radius 3 is 2.47 bits per heavy atom. The minimum absolute atomic E-state index is 0.148. The van der Waals surface area contributed by atoms with Crippen molar-refractivity contribution in [2.24, 2.45) is 11.3 Å². The Bertz CT molecular complexity index is 416. The van der Waals surface area contributed by atoms with Crippen LogP contribution in [-0.2, 0) is 0 Å². The van der Waals surface area contributed by atoms with Gasteiger partial charge in [-0.15, -0.1) is 0 Å². The molecule has 0 fully saturated rings. The van der Waals surface area contributed by atoms with Gasteiger partial charge >= 0.3 is 0 Å².